The van der Waals surface area contributed by atoms with Crippen molar-refractivity contribution < 1.29 is 9.30 Å². The molecule has 0 N–H and O–H groups in total. The smallest absolute Gasteiger partial charge is 0.213 e. The molecule has 2 aliphatic heterocycles. The highest BCUT2D eigenvalue weighted by atomic mass is 16.5. The fourth-order valence-corrected chi connectivity index (χ4v) is 6.57. The molecule has 0 spiro atoms. The van der Waals surface area contributed by atoms with E-state index in [0.717, 1.165) is 37.9 Å². The fourth-order valence-electron chi connectivity index (χ4n) is 6.57. The second-order valence-corrected chi connectivity index (χ2v) is 10.5. The van der Waals surface area contributed by atoms with Gasteiger partial charge in [0, 0.05) is 30.5 Å². The zero-order chi connectivity index (χ0) is 22.2. The van der Waals surface area contributed by atoms with Crippen molar-refractivity contribution >= 4 is 11.1 Å². The summed E-state index contributed by atoms with van der Waals surface area (Å²) in [4.78, 5) is 0. The van der Waals surface area contributed by atoms with E-state index >= 15 is 0 Å². The van der Waals surface area contributed by atoms with Crippen molar-refractivity contribution in [3.05, 3.63) is 107 Å². The summed E-state index contributed by atoms with van der Waals surface area (Å²) >= 11 is 0. The molecule has 3 unspecified atom stereocenters. The fraction of sp³-hybridized carbons (Fsp3) is 0.323. The van der Waals surface area contributed by atoms with Gasteiger partial charge >= 0.3 is 0 Å². The number of fused-ring (bicyclic) bond motifs is 6. The normalized spacial score (nSPS) is 30.9. The Kier molecular flexibility index (Phi) is 3.93. The van der Waals surface area contributed by atoms with Gasteiger partial charge in [0.2, 0.25) is 11.9 Å². The first kappa shape index (κ1) is 19.3. The lowest BCUT2D eigenvalue weighted by Crippen LogP contribution is -2.69. The summed E-state index contributed by atoms with van der Waals surface area (Å²) < 4.78 is 9.03. The highest BCUT2D eigenvalue weighted by Gasteiger charge is 2.62. The first-order valence-corrected chi connectivity index (χ1v) is 12.4. The van der Waals surface area contributed by atoms with Crippen LogP contribution in [0.2, 0.25) is 0 Å². The van der Waals surface area contributed by atoms with Gasteiger partial charge in [-0.15, -0.1) is 0 Å². The van der Waals surface area contributed by atoms with Crippen LogP contribution in [0.5, 0.6) is 5.75 Å². The number of aromatic nitrogens is 1. The molecule has 164 valence electrons. The molecule has 3 atom stereocenters. The maximum atomic E-state index is 6.53. The third-order valence-electron chi connectivity index (χ3n) is 8.83. The van der Waals surface area contributed by atoms with Crippen LogP contribution in [-0.4, -0.2) is 6.10 Å². The summed E-state index contributed by atoms with van der Waals surface area (Å²) in [6.45, 7) is 4.82. The van der Waals surface area contributed by atoms with Gasteiger partial charge in [0.25, 0.3) is 0 Å². The number of ether oxygens (including phenoxy) is 1. The number of nitrogens with zero attached hydrogens (tertiary/aromatic N) is 1. The van der Waals surface area contributed by atoms with E-state index in [2.05, 4.69) is 97.5 Å². The van der Waals surface area contributed by atoms with Crippen molar-refractivity contribution in [3.63, 3.8) is 0 Å². The van der Waals surface area contributed by atoms with E-state index < -0.39 is 0 Å². The first-order chi connectivity index (χ1) is 16.1. The lowest BCUT2D eigenvalue weighted by molar-refractivity contribution is -0.769. The average molecular weight is 433 g/mol. The molecule has 0 radical (unpaired) electrons. The number of rotatable bonds is 2. The summed E-state index contributed by atoms with van der Waals surface area (Å²) in [7, 11) is 0. The maximum absolute atomic E-state index is 6.53. The van der Waals surface area contributed by atoms with Gasteiger partial charge in [-0.25, -0.2) is 0 Å². The van der Waals surface area contributed by atoms with Crippen molar-refractivity contribution in [2.75, 3.05) is 0 Å². The summed E-state index contributed by atoms with van der Waals surface area (Å²) in [5, 5.41) is 0. The first-order valence-electron chi connectivity index (χ1n) is 12.4. The van der Waals surface area contributed by atoms with Crippen molar-refractivity contribution in [2.24, 2.45) is 5.41 Å². The lowest BCUT2D eigenvalue weighted by Gasteiger charge is -2.51. The third-order valence-corrected chi connectivity index (χ3v) is 8.83. The van der Waals surface area contributed by atoms with E-state index in [4.69, 9.17) is 4.74 Å². The van der Waals surface area contributed by atoms with Crippen LogP contribution >= 0.6 is 0 Å². The minimum absolute atomic E-state index is 0.0419. The van der Waals surface area contributed by atoms with Gasteiger partial charge in [-0.3, -0.25) is 0 Å². The van der Waals surface area contributed by atoms with Crippen LogP contribution in [0.25, 0.3) is 11.1 Å². The second-order valence-electron chi connectivity index (χ2n) is 10.5. The molecule has 33 heavy (non-hydrogen) atoms. The molecule has 3 heterocycles. The standard InChI is InChI=1S/C31H30NO/c1-30-15-16-31(30,2)32-20-29-24(19-28(33-29)22-11-7-4-8-12-22)18-27(32)25-17-23(13-14-26(25)30)21-9-5-3-6-10-21/h3,5-7,9-12,15-18,20,28H,4,8,13-14,19H2,1-2H3/q+1. The molecule has 2 nitrogen and oxygen atoms in total. The molecule has 1 aromatic heterocycles. The Labute approximate surface area is 196 Å². The topological polar surface area (TPSA) is 13.1 Å². The lowest BCUT2D eigenvalue weighted by atomic mass is 9.54. The predicted octanol–water partition coefficient (Wildman–Crippen LogP) is 6.49. The minimum atomic E-state index is -0.0419. The second kappa shape index (κ2) is 6.70. The van der Waals surface area contributed by atoms with Gasteiger partial charge in [0.1, 0.15) is 6.10 Å². The molecule has 0 saturated carbocycles. The van der Waals surface area contributed by atoms with Crippen LogP contribution in [0.4, 0.5) is 0 Å². The number of hydrogen-bond donors (Lipinski definition) is 0. The monoisotopic (exact) mass is 432 g/mol. The van der Waals surface area contributed by atoms with E-state index in [-0.39, 0.29) is 17.1 Å². The zero-order valence-electron chi connectivity index (χ0n) is 19.5. The molecule has 1 aromatic carbocycles. The Morgan fingerprint density at radius 2 is 1.91 bits per heavy atom. The van der Waals surface area contributed by atoms with Crippen LogP contribution in [0, 0.1) is 5.41 Å². The molecule has 2 aromatic rings. The summed E-state index contributed by atoms with van der Waals surface area (Å²) in [6, 6.07) is 13.3. The van der Waals surface area contributed by atoms with Gasteiger partial charge in [0.05, 0.1) is 5.41 Å². The van der Waals surface area contributed by atoms with Crippen LogP contribution in [-0.2, 0) is 12.0 Å². The maximum Gasteiger partial charge on any atom is 0.213 e. The molecule has 7 rings (SSSR count). The molecular weight excluding hydrogens is 402 g/mol. The Morgan fingerprint density at radius 1 is 1.03 bits per heavy atom. The van der Waals surface area contributed by atoms with Crippen LogP contribution in [0.3, 0.4) is 0 Å². The predicted molar refractivity (Wildman–Crippen MR) is 133 cm³/mol. The van der Waals surface area contributed by atoms with Crippen LogP contribution in [0.15, 0.2) is 90.2 Å². The largest absolute Gasteiger partial charge is 0.479 e. The Hall–Kier alpha value is -3.13. The molecular formula is C31H30NO+. The van der Waals surface area contributed by atoms with Crippen molar-refractivity contribution in [1.29, 1.82) is 0 Å². The molecule has 2 heteroatoms. The number of allylic oxidation sites excluding steroid dienone is 8. The molecule has 0 fully saturated rings. The minimum Gasteiger partial charge on any atom is -0.479 e. The van der Waals surface area contributed by atoms with Crippen molar-refractivity contribution in [3.8, 4) is 5.75 Å². The van der Waals surface area contributed by atoms with Gasteiger partial charge < -0.3 is 4.74 Å². The Balaban J connectivity index is 1.37. The van der Waals surface area contributed by atoms with Gasteiger partial charge in [-0.2, -0.15) is 4.57 Å². The van der Waals surface area contributed by atoms with Gasteiger partial charge in [0.15, 0.2) is 11.3 Å². The van der Waals surface area contributed by atoms with Crippen molar-refractivity contribution in [2.45, 2.75) is 57.6 Å². The van der Waals surface area contributed by atoms with Crippen LogP contribution in [0.1, 0.15) is 56.4 Å². The zero-order valence-corrected chi connectivity index (χ0v) is 19.5. The number of hydrogen-bond acceptors (Lipinski definition) is 1. The summed E-state index contributed by atoms with van der Waals surface area (Å²) in [5.74, 6) is 1.06. The van der Waals surface area contributed by atoms with E-state index in [9.17, 15) is 0 Å². The van der Waals surface area contributed by atoms with Crippen molar-refractivity contribution in [1.82, 2.24) is 0 Å². The average Bonchev–Trinajstić information content (AvgIpc) is 3.30. The van der Waals surface area contributed by atoms with E-state index in [1.807, 2.05) is 0 Å². The quantitative estimate of drug-likeness (QED) is 0.390. The third kappa shape index (κ3) is 2.58. The van der Waals surface area contributed by atoms with E-state index in [1.54, 1.807) is 5.57 Å². The molecule has 0 bridgehead atoms. The number of pyridine rings is 1. The number of benzene rings is 1. The Bertz CT molecular complexity index is 1340. The van der Waals surface area contributed by atoms with Gasteiger partial charge in [-0.05, 0) is 67.0 Å². The molecule has 0 saturated heterocycles. The van der Waals surface area contributed by atoms with E-state index in [0.29, 0.717) is 0 Å². The molecule has 5 aliphatic rings. The molecule has 3 aliphatic carbocycles. The summed E-state index contributed by atoms with van der Waals surface area (Å²) in [5.41, 5.74) is 9.85. The van der Waals surface area contributed by atoms with Crippen LogP contribution < -0.4 is 9.30 Å². The highest BCUT2D eigenvalue weighted by Crippen LogP contribution is 2.58. The highest BCUT2D eigenvalue weighted by molar-refractivity contribution is 5.88. The molecule has 0 amide bonds. The van der Waals surface area contributed by atoms with Gasteiger partial charge in [-0.1, -0.05) is 54.6 Å². The summed E-state index contributed by atoms with van der Waals surface area (Å²) in [6.07, 6.45) is 22.1. The SMILES string of the molecule is CC12C=CC1(C)[n+]1cc3c(cc1C1=C2CCC(c2ccccc2)=C1)CC(C1=CCCC=C1)O3. The Morgan fingerprint density at radius 3 is 2.67 bits per heavy atom. The van der Waals surface area contributed by atoms with E-state index in [1.165, 1.54) is 33.5 Å².